The highest BCUT2D eigenvalue weighted by Crippen LogP contribution is 2.37. The summed E-state index contributed by atoms with van der Waals surface area (Å²) in [7, 11) is 0. The van der Waals surface area contributed by atoms with Gasteiger partial charge in [-0.15, -0.1) is 10.2 Å². The largest absolute Gasteiger partial charge is 0.478 e. The number of hydrogen-bond acceptors (Lipinski definition) is 4. The highest BCUT2D eigenvalue weighted by Gasteiger charge is 2.37. The van der Waals surface area contributed by atoms with E-state index in [2.05, 4.69) is 15.5 Å². The van der Waals surface area contributed by atoms with Crippen LogP contribution in [0.4, 0.5) is 23.7 Å². The molecule has 0 aliphatic carbocycles. The number of nitrogens with one attached hydrogen (secondary N) is 1. The number of aryl methyl sites for hydroxylation is 1. The Bertz CT molecular complexity index is 1260. The SMILES string of the molecule is Cc1nnc([C@H]2CCCN2C(=O)Nc2cc(C(=O)O)ccc2C(F)(F)F)n1Cc1ccc(Cl)cc1. The minimum absolute atomic E-state index is 0.295. The standard InChI is InChI=1S/C23H21ClF3N5O3/c1-13-29-30-20(32(13)12-14-4-7-16(24)8-5-14)19-3-2-10-31(19)22(35)28-18-11-15(21(33)34)6-9-17(18)23(25,26)27/h4-9,11,19H,2-3,10,12H2,1H3,(H,28,35)(H,33,34)/t19-/m1/s1. The van der Waals surface area contributed by atoms with Crippen LogP contribution in [0.5, 0.6) is 0 Å². The normalized spacial score (nSPS) is 15.9. The van der Waals surface area contributed by atoms with Crippen LogP contribution in [0, 0.1) is 6.92 Å². The summed E-state index contributed by atoms with van der Waals surface area (Å²) in [6, 6.07) is 8.25. The number of hydrogen-bond donors (Lipinski definition) is 2. The smallest absolute Gasteiger partial charge is 0.418 e. The molecule has 0 bridgehead atoms. The summed E-state index contributed by atoms with van der Waals surface area (Å²) in [5.41, 5.74) is -1.18. The van der Waals surface area contributed by atoms with Crippen LogP contribution < -0.4 is 5.32 Å². The number of rotatable bonds is 5. The van der Waals surface area contributed by atoms with Crippen molar-refractivity contribution in [1.29, 1.82) is 0 Å². The second kappa shape index (κ2) is 9.57. The number of halogens is 4. The molecule has 0 saturated carbocycles. The fourth-order valence-corrected chi connectivity index (χ4v) is 4.23. The maximum Gasteiger partial charge on any atom is 0.418 e. The van der Waals surface area contributed by atoms with Gasteiger partial charge in [0, 0.05) is 11.6 Å². The van der Waals surface area contributed by atoms with E-state index < -0.39 is 35.5 Å². The summed E-state index contributed by atoms with van der Waals surface area (Å²) in [6.07, 6.45) is -3.61. The van der Waals surface area contributed by atoms with E-state index in [0.717, 1.165) is 17.7 Å². The predicted molar refractivity (Wildman–Crippen MR) is 121 cm³/mol. The molecule has 0 radical (unpaired) electrons. The van der Waals surface area contributed by atoms with E-state index in [4.69, 9.17) is 11.6 Å². The van der Waals surface area contributed by atoms with Crippen LogP contribution in [0.1, 0.15) is 52.0 Å². The van der Waals surface area contributed by atoms with Crippen molar-refractivity contribution in [2.45, 2.75) is 38.5 Å². The molecule has 12 heteroatoms. The number of alkyl halides is 3. The van der Waals surface area contributed by atoms with Gasteiger partial charge in [-0.1, -0.05) is 23.7 Å². The number of carbonyl (C=O) groups excluding carboxylic acids is 1. The molecule has 3 aromatic rings. The molecule has 2 N–H and O–H groups in total. The first-order chi connectivity index (χ1) is 16.5. The number of anilines is 1. The van der Waals surface area contributed by atoms with Crippen LogP contribution in [0.2, 0.25) is 5.02 Å². The average Bonchev–Trinajstić information content (AvgIpc) is 3.41. The second-order valence-corrected chi connectivity index (χ2v) is 8.60. The van der Waals surface area contributed by atoms with Crippen molar-refractivity contribution in [2.24, 2.45) is 0 Å². The van der Waals surface area contributed by atoms with Gasteiger partial charge in [0.2, 0.25) is 0 Å². The van der Waals surface area contributed by atoms with Gasteiger partial charge >= 0.3 is 18.2 Å². The average molecular weight is 508 g/mol. The molecule has 1 aliphatic rings. The van der Waals surface area contributed by atoms with E-state index in [1.165, 1.54) is 4.90 Å². The predicted octanol–water partition coefficient (Wildman–Crippen LogP) is 5.37. The Labute approximate surface area is 203 Å². The molecule has 1 aromatic heterocycles. The lowest BCUT2D eigenvalue weighted by molar-refractivity contribution is -0.136. The summed E-state index contributed by atoms with van der Waals surface area (Å²) < 4.78 is 42.3. The van der Waals surface area contributed by atoms with Gasteiger partial charge in [-0.05, 0) is 55.7 Å². The molecule has 1 atom stereocenters. The highest BCUT2D eigenvalue weighted by atomic mass is 35.5. The van der Waals surface area contributed by atoms with Crippen molar-refractivity contribution >= 4 is 29.3 Å². The number of carboxylic acid groups (broad SMARTS) is 1. The molecule has 184 valence electrons. The number of aromatic nitrogens is 3. The van der Waals surface area contributed by atoms with Gasteiger partial charge in [0.25, 0.3) is 0 Å². The molecule has 0 spiro atoms. The maximum absolute atomic E-state index is 13.5. The Kier molecular flexibility index (Phi) is 6.70. The topological polar surface area (TPSA) is 100 Å². The van der Waals surface area contributed by atoms with Gasteiger partial charge < -0.3 is 19.9 Å². The third-order valence-corrected chi connectivity index (χ3v) is 6.10. The number of carbonyl (C=O) groups is 2. The number of aromatic carboxylic acids is 1. The van der Waals surface area contributed by atoms with Gasteiger partial charge in [0.05, 0.1) is 29.4 Å². The van der Waals surface area contributed by atoms with E-state index in [9.17, 15) is 27.9 Å². The highest BCUT2D eigenvalue weighted by molar-refractivity contribution is 6.30. The van der Waals surface area contributed by atoms with E-state index >= 15 is 0 Å². The van der Waals surface area contributed by atoms with E-state index in [1.807, 2.05) is 16.7 Å². The first-order valence-corrected chi connectivity index (χ1v) is 11.1. The van der Waals surface area contributed by atoms with Crippen LogP contribution >= 0.6 is 11.6 Å². The first-order valence-electron chi connectivity index (χ1n) is 10.7. The quantitative estimate of drug-likeness (QED) is 0.483. The zero-order valence-electron chi connectivity index (χ0n) is 18.5. The lowest BCUT2D eigenvalue weighted by Gasteiger charge is -2.26. The van der Waals surface area contributed by atoms with Crippen LogP contribution in [0.15, 0.2) is 42.5 Å². The molecular formula is C23H21ClF3N5O3. The number of benzene rings is 2. The van der Waals surface area contributed by atoms with Gasteiger partial charge in [0.15, 0.2) is 5.82 Å². The van der Waals surface area contributed by atoms with Crippen LogP contribution in [0.25, 0.3) is 0 Å². The number of nitrogens with zero attached hydrogens (tertiary/aromatic N) is 4. The number of amides is 2. The molecule has 8 nitrogen and oxygen atoms in total. The molecule has 35 heavy (non-hydrogen) atoms. The van der Waals surface area contributed by atoms with E-state index in [-0.39, 0.29) is 5.56 Å². The van der Waals surface area contributed by atoms with Crippen molar-refractivity contribution in [2.75, 3.05) is 11.9 Å². The van der Waals surface area contributed by atoms with Gasteiger partial charge in [0.1, 0.15) is 5.82 Å². The summed E-state index contributed by atoms with van der Waals surface area (Å²) in [5, 5.41) is 20.4. The fraction of sp³-hybridized carbons (Fsp3) is 0.304. The number of carboxylic acids is 1. The Morgan fingerprint density at radius 3 is 2.54 bits per heavy atom. The summed E-state index contributed by atoms with van der Waals surface area (Å²) in [6.45, 7) is 2.50. The lowest BCUT2D eigenvalue weighted by Crippen LogP contribution is -2.36. The van der Waals surface area contributed by atoms with Gasteiger partial charge in [-0.2, -0.15) is 13.2 Å². The molecule has 1 saturated heterocycles. The fourth-order valence-electron chi connectivity index (χ4n) is 4.10. The molecular weight excluding hydrogens is 487 g/mol. The second-order valence-electron chi connectivity index (χ2n) is 8.16. The number of likely N-dealkylation sites (tertiary alicyclic amines) is 1. The van der Waals surface area contributed by atoms with Crippen molar-refractivity contribution in [3.05, 3.63) is 75.8 Å². The van der Waals surface area contributed by atoms with Gasteiger partial charge in [-0.25, -0.2) is 9.59 Å². The molecule has 1 aliphatic heterocycles. The minimum Gasteiger partial charge on any atom is -0.478 e. The third kappa shape index (κ3) is 5.24. The van der Waals surface area contributed by atoms with Crippen LogP contribution in [-0.4, -0.2) is 43.3 Å². The number of urea groups is 1. The molecule has 1 fully saturated rings. The zero-order chi connectivity index (χ0) is 25.3. The lowest BCUT2D eigenvalue weighted by atomic mass is 10.1. The first kappa shape index (κ1) is 24.5. The zero-order valence-corrected chi connectivity index (χ0v) is 19.3. The summed E-state index contributed by atoms with van der Waals surface area (Å²) in [4.78, 5) is 25.8. The molecule has 2 amide bonds. The van der Waals surface area contributed by atoms with E-state index in [0.29, 0.717) is 48.7 Å². The van der Waals surface area contributed by atoms with Gasteiger partial charge in [-0.3, -0.25) is 0 Å². The maximum atomic E-state index is 13.5. The third-order valence-electron chi connectivity index (χ3n) is 5.84. The Morgan fingerprint density at radius 1 is 1.17 bits per heavy atom. The van der Waals surface area contributed by atoms with Crippen LogP contribution in [0.3, 0.4) is 0 Å². The molecule has 2 aromatic carbocycles. The summed E-state index contributed by atoms with van der Waals surface area (Å²) >= 11 is 5.96. The molecule has 2 heterocycles. The van der Waals surface area contributed by atoms with E-state index in [1.54, 1.807) is 19.1 Å². The van der Waals surface area contributed by atoms with Crippen molar-refractivity contribution < 1.29 is 27.9 Å². The van der Waals surface area contributed by atoms with Crippen molar-refractivity contribution in [1.82, 2.24) is 19.7 Å². The molecule has 4 rings (SSSR count). The Morgan fingerprint density at radius 2 is 1.89 bits per heavy atom. The van der Waals surface area contributed by atoms with Crippen molar-refractivity contribution in [3.8, 4) is 0 Å². The minimum atomic E-state index is -4.78. The Hall–Kier alpha value is -3.60. The van der Waals surface area contributed by atoms with Crippen molar-refractivity contribution in [3.63, 3.8) is 0 Å². The molecule has 0 unspecified atom stereocenters. The summed E-state index contributed by atoms with van der Waals surface area (Å²) in [5.74, 6) is -0.268. The van der Waals surface area contributed by atoms with Crippen LogP contribution in [-0.2, 0) is 12.7 Å². The Balaban J connectivity index is 1.61. The monoisotopic (exact) mass is 507 g/mol.